The molecule has 0 aliphatic carbocycles. The molecule has 1 fully saturated rings. The topological polar surface area (TPSA) is 46.6 Å². The van der Waals surface area contributed by atoms with E-state index >= 15 is 0 Å². The SMILES string of the molecule is O=C1OCCN1C(=O)[C@H](Cl)c1ccc2ccccc2c1. The lowest BCUT2D eigenvalue weighted by Gasteiger charge is -2.15. The van der Waals surface area contributed by atoms with E-state index in [4.69, 9.17) is 16.3 Å². The maximum atomic E-state index is 12.2. The fraction of sp³-hybridized carbons (Fsp3) is 0.200. The van der Waals surface area contributed by atoms with Crippen LogP contribution in [0.25, 0.3) is 10.8 Å². The minimum absolute atomic E-state index is 0.228. The van der Waals surface area contributed by atoms with Crippen LogP contribution in [-0.4, -0.2) is 30.1 Å². The monoisotopic (exact) mass is 289 g/mol. The summed E-state index contributed by atoms with van der Waals surface area (Å²) in [5, 5.41) is 1.20. The number of halogens is 1. The highest BCUT2D eigenvalue weighted by molar-refractivity contribution is 6.31. The van der Waals surface area contributed by atoms with Crippen LogP contribution in [0.5, 0.6) is 0 Å². The van der Waals surface area contributed by atoms with Crippen molar-refractivity contribution in [2.45, 2.75) is 5.38 Å². The molecule has 0 unspecified atom stereocenters. The number of nitrogens with zero attached hydrogens (tertiary/aromatic N) is 1. The van der Waals surface area contributed by atoms with Crippen LogP contribution in [0.15, 0.2) is 42.5 Å². The third-order valence-corrected chi connectivity index (χ3v) is 3.75. The molecule has 3 rings (SSSR count). The Labute approximate surface area is 120 Å². The Morgan fingerprint density at radius 1 is 1.20 bits per heavy atom. The molecule has 1 saturated heterocycles. The van der Waals surface area contributed by atoms with Crippen molar-refractivity contribution in [2.75, 3.05) is 13.2 Å². The minimum Gasteiger partial charge on any atom is -0.447 e. The summed E-state index contributed by atoms with van der Waals surface area (Å²) in [6.07, 6.45) is -0.624. The Balaban J connectivity index is 1.89. The number of alkyl halides is 1. The number of imide groups is 1. The predicted octanol–water partition coefficient (Wildman–Crippen LogP) is 3.10. The van der Waals surface area contributed by atoms with Gasteiger partial charge in [0.2, 0.25) is 0 Å². The van der Waals surface area contributed by atoms with Crippen molar-refractivity contribution < 1.29 is 14.3 Å². The molecule has 5 heteroatoms. The zero-order valence-corrected chi connectivity index (χ0v) is 11.3. The number of ether oxygens (including phenoxy) is 1. The number of cyclic esters (lactones) is 1. The predicted molar refractivity (Wildman–Crippen MR) is 75.6 cm³/mol. The molecule has 2 aromatic carbocycles. The molecular formula is C15H12ClNO3. The molecule has 0 N–H and O–H groups in total. The van der Waals surface area contributed by atoms with Crippen molar-refractivity contribution in [2.24, 2.45) is 0 Å². The second-order valence-corrected chi connectivity index (χ2v) is 5.01. The molecule has 0 saturated carbocycles. The Bertz CT molecular complexity index is 686. The van der Waals surface area contributed by atoms with Gasteiger partial charge in [0.1, 0.15) is 12.0 Å². The van der Waals surface area contributed by atoms with Crippen molar-refractivity contribution in [3.05, 3.63) is 48.0 Å². The molecule has 1 aliphatic rings. The normalized spacial score (nSPS) is 16.2. The standard InChI is InChI=1S/C15H12ClNO3/c16-13(14(18)17-7-8-20-15(17)19)12-6-5-10-3-1-2-4-11(10)9-12/h1-6,9,13H,7-8H2/t13-/m1/s1. The van der Waals surface area contributed by atoms with Gasteiger partial charge < -0.3 is 4.74 Å². The zero-order valence-electron chi connectivity index (χ0n) is 10.6. The molecule has 0 bridgehead atoms. The van der Waals surface area contributed by atoms with Crippen LogP contribution in [0.1, 0.15) is 10.9 Å². The maximum Gasteiger partial charge on any atom is 0.416 e. The highest BCUT2D eigenvalue weighted by atomic mass is 35.5. The summed E-state index contributed by atoms with van der Waals surface area (Å²) < 4.78 is 4.75. The van der Waals surface area contributed by atoms with E-state index in [1.54, 1.807) is 6.07 Å². The van der Waals surface area contributed by atoms with E-state index < -0.39 is 17.4 Å². The highest BCUT2D eigenvalue weighted by Crippen LogP contribution is 2.27. The van der Waals surface area contributed by atoms with Crippen LogP contribution in [-0.2, 0) is 9.53 Å². The maximum absolute atomic E-state index is 12.2. The lowest BCUT2D eigenvalue weighted by atomic mass is 10.0. The average Bonchev–Trinajstić information content (AvgIpc) is 2.91. The number of benzene rings is 2. The molecule has 1 aliphatic heterocycles. The molecule has 1 heterocycles. The zero-order chi connectivity index (χ0) is 14.1. The number of fused-ring (bicyclic) bond motifs is 1. The summed E-state index contributed by atoms with van der Waals surface area (Å²) in [4.78, 5) is 24.6. The van der Waals surface area contributed by atoms with Crippen LogP contribution in [0, 0.1) is 0 Å². The first-order valence-corrected chi connectivity index (χ1v) is 6.71. The first kappa shape index (κ1) is 12.9. The molecule has 102 valence electrons. The van der Waals surface area contributed by atoms with Gasteiger partial charge >= 0.3 is 6.09 Å². The lowest BCUT2D eigenvalue weighted by molar-refractivity contribution is -0.127. The van der Waals surface area contributed by atoms with Crippen LogP contribution >= 0.6 is 11.6 Å². The number of hydrogen-bond acceptors (Lipinski definition) is 3. The average molecular weight is 290 g/mol. The van der Waals surface area contributed by atoms with Gasteiger partial charge in [0, 0.05) is 0 Å². The van der Waals surface area contributed by atoms with E-state index in [1.165, 1.54) is 0 Å². The first-order chi connectivity index (χ1) is 9.66. The second kappa shape index (κ2) is 5.13. The van der Waals surface area contributed by atoms with Crippen molar-refractivity contribution >= 4 is 34.4 Å². The van der Waals surface area contributed by atoms with E-state index in [-0.39, 0.29) is 13.2 Å². The van der Waals surface area contributed by atoms with Gasteiger partial charge in [-0.25, -0.2) is 9.69 Å². The van der Waals surface area contributed by atoms with Gasteiger partial charge in [0.05, 0.1) is 6.54 Å². The Kier molecular flexibility index (Phi) is 3.32. The second-order valence-electron chi connectivity index (χ2n) is 4.57. The molecule has 0 radical (unpaired) electrons. The van der Waals surface area contributed by atoms with Crippen molar-refractivity contribution in [3.63, 3.8) is 0 Å². The van der Waals surface area contributed by atoms with E-state index in [9.17, 15) is 9.59 Å². The largest absolute Gasteiger partial charge is 0.447 e. The number of amides is 2. The summed E-state index contributed by atoms with van der Waals surface area (Å²) in [6, 6.07) is 13.4. The lowest BCUT2D eigenvalue weighted by Crippen LogP contribution is -2.34. The Hall–Kier alpha value is -2.07. The first-order valence-electron chi connectivity index (χ1n) is 6.28. The van der Waals surface area contributed by atoms with Crippen LogP contribution in [0.2, 0.25) is 0 Å². The minimum atomic E-state index is -0.884. The fourth-order valence-electron chi connectivity index (χ4n) is 2.24. The van der Waals surface area contributed by atoms with Crippen LogP contribution in [0.4, 0.5) is 4.79 Å². The highest BCUT2D eigenvalue weighted by Gasteiger charge is 2.33. The van der Waals surface area contributed by atoms with Gasteiger partial charge in [-0.2, -0.15) is 0 Å². The van der Waals surface area contributed by atoms with Crippen molar-refractivity contribution in [1.82, 2.24) is 4.90 Å². The Morgan fingerprint density at radius 2 is 1.95 bits per heavy atom. The van der Waals surface area contributed by atoms with Crippen LogP contribution in [0.3, 0.4) is 0 Å². The number of carbonyl (C=O) groups excluding carboxylic acids is 2. The van der Waals surface area contributed by atoms with E-state index in [0.29, 0.717) is 5.56 Å². The molecule has 4 nitrogen and oxygen atoms in total. The number of rotatable bonds is 2. The summed E-state index contributed by atoms with van der Waals surface area (Å²) in [5.41, 5.74) is 0.676. The molecule has 20 heavy (non-hydrogen) atoms. The fourth-order valence-corrected chi connectivity index (χ4v) is 2.49. The molecule has 2 amide bonds. The summed E-state index contributed by atoms with van der Waals surface area (Å²) in [5.74, 6) is -0.440. The molecule has 2 aromatic rings. The van der Waals surface area contributed by atoms with Crippen molar-refractivity contribution in [1.29, 1.82) is 0 Å². The third-order valence-electron chi connectivity index (χ3n) is 3.31. The molecule has 1 atom stereocenters. The quantitative estimate of drug-likeness (QED) is 0.798. The van der Waals surface area contributed by atoms with Gasteiger partial charge in [-0.1, -0.05) is 36.4 Å². The van der Waals surface area contributed by atoms with Gasteiger partial charge in [-0.15, -0.1) is 11.6 Å². The van der Waals surface area contributed by atoms with Crippen LogP contribution < -0.4 is 0 Å². The third kappa shape index (κ3) is 2.23. The summed E-state index contributed by atoms with van der Waals surface area (Å²) in [6.45, 7) is 0.486. The molecule has 0 spiro atoms. The van der Waals surface area contributed by atoms with Gasteiger partial charge in [0.15, 0.2) is 0 Å². The Morgan fingerprint density at radius 3 is 2.65 bits per heavy atom. The van der Waals surface area contributed by atoms with E-state index in [2.05, 4.69) is 0 Å². The summed E-state index contributed by atoms with van der Waals surface area (Å²) in [7, 11) is 0. The molecule has 0 aromatic heterocycles. The van der Waals surface area contributed by atoms with Gasteiger partial charge in [-0.05, 0) is 22.4 Å². The molecular weight excluding hydrogens is 278 g/mol. The van der Waals surface area contributed by atoms with Gasteiger partial charge in [-0.3, -0.25) is 4.79 Å². The van der Waals surface area contributed by atoms with Gasteiger partial charge in [0.25, 0.3) is 5.91 Å². The van der Waals surface area contributed by atoms with E-state index in [0.717, 1.165) is 15.7 Å². The smallest absolute Gasteiger partial charge is 0.416 e. The van der Waals surface area contributed by atoms with E-state index in [1.807, 2.05) is 36.4 Å². The summed E-state index contributed by atoms with van der Waals surface area (Å²) >= 11 is 6.20. The van der Waals surface area contributed by atoms with Crippen molar-refractivity contribution in [3.8, 4) is 0 Å². The number of carbonyl (C=O) groups is 2. The number of hydrogen-bond donors (Lipinski definition) is 0.